The van der Waals surface area contributed by atoms with Gasteiger partial charge < -0.3 is 10.2 Å². The summed E-state index contributed by atoms with van der Waals surface area (Å²) in [5.74, 6) is -2.04. The van der Waals surface area contributed by atoms with Gasteiger partial charge in [-0.25, -0.2) is 9.59 Å². The lowest BCUT2D eigenvalue weighted by Crippen LogP contribution is -2.04. The Morgan fingerprint density at radius 2 is 1.36 bits per heavy atom. The smallest absolute Gasteiger partial charge is 0.335 e. The van der Waals surface area contributed by atoms with Crippen LogP contribution in [0.25, 0.3) is 43.1 Å². The Morgan fingerprint density at radius 1 is 0.667 bits per heavy atom. The first-order chi connectivity index (χ1) is 17.4. The van der Waals surface area contributed by atoms with E-state index in [1.807, 2.05) is 24.3 Å². The van der Waals surface area contributed by atoms with Gasteiger partial charge in [-0.1, -0.05) is 23.7 Å². The maximum atomic E-state index is 12.3. The molecule has 7 heteroatoms. The van der Waals surface area contributed by atoms with Crippen molar-refractivity contribution in [3.8, 4) is 0 Å². The summed E-state index contributed by atoms with van der Waals surface area (Å²) in [5, 5.41) is 26.8. The Kier molecular flexibility index (Phi) is 5.05. The molecule has 0 amide bonds. The van der Waals surface area contributed by atoms with Crippen LogP contribution in [0.5, 0.6) is 0 Å². The fraction of sp³-hybridized carbons (Fsp3) is 0.0345. The number of hydrogen-bond donors (Lipinski definition) is 2. The van der Waals surface area contributed by atoms with Crippen LogP contribution >= 0.6 is 11.6 Å². The summed E-state index contributed by atoms with van der Waals surface area (Å²) in [6, 6.07) is 16.0. The van der Waals surface area contributed by atoms with Crippen molar-refractivity contribution in [2.24, 2.45) is 0 Å². The molecular weight excluding hydrogens is 476 g/mol. The third kappa shape index (κ3) is 3.51. The van der Waals surface area contributed by atoms with E-state index in [-0.39, 0.29) is 11.1 Å². The van der Waals surface area contributed by atoms with Gasteiger partial charge in [0.25, 0.3) is 0 Å². The van der Waals surface area contributed by atoms with Crippen LogP contribution in [-0.4, -0.2) is 32.1 Å². The Morgan fingerprint density at radius 3 is 2.08 bits per heavy atom. The molecule has 174 valence electrons. The van der Waals surface area contributed by atoms with Crippen molar-refractivity contribution in [1.29, 1.82) is 0 Å². The number of carboxylic acids is 2. The van der Waals surface area contributed by atoms with Gasteiger partial charge >= 0.3 is 11.9 Å². The largest absolute Gasteiger partial charge is 0.478 e. The van der Waals surface area contributed by atoms with Gasteiger partial charge in [0.05, 0.1) is 11.1 Å². The molecule has 0 radical (unpaired) electrons. The van der Waals surface area contributed by atoms with Gasteiger partial charge in [-0.15, -0.1) is 0 Å². The zero-order chi connectivity index (χ0) is 25.0. The predicted octanol–water partition coefficient (Wildman–Crippen LogP) is 6.73. The minimum Gasteiger partial charge on any atom is -0.478 e. The van der Waals surface area contributed by atoms with Gasteiger partial charge in [-0.3, -0.25) is 9.97 Å². The molecule has 0 atom stereocenters. The molecule has 0 unspecified atom stereocenters. The lowest BCUT2D eigenvalue weighted by Gasteiger charge is -2.14. The summed E-state index contributed by atoms with van der Waals surface area (Å²) < 4.78 is 0. The summed E-state index contributed by atoms with van der Waals surface area (Å²) in [5.41, 5.74) is 1.88. The molecule has 4 aromatic carbocycles. The highest BCUT2D eigenvalue weighted by molar-refractivity contribution is 6.37. The zero-order valence-corrected chi connectivity index (χ0v) is 19.5. The summed E-state index contributed by atoms with van der Waals surface area (Å²) in [6.07, 6.45) is 7.19. The molecule has 0 fully saturated rings. The van der Waals surface area contributed by atoms with E-state index < -0.39 is 11.9 Å². The van der Waals surface area contributed by atoms with E-state index in [4.69, 9.17) is 11.6 Å². The van der Waals surface area contributed by atoms with Crippen molar-refractivity contribution in [2.75, 3.05) is 0 Å². The molecule has 0 bridgehead atoms. The van der Waals surface area contributed by atoms with Crippen LogP contribution in [-0.2, 0) is 6.42 Å². The summed E-state index contributed by atoms with van der Waals surface area (Å²) in [7, 11) is 0. The number of pyridine rings is 2. The lowest BCUT2D eigenvalue weighted by atomic mass is 9.90. The molecule has 2 heterocycles. The van der Waals surface area contributed by atoms with Gasteiger partial charge in [-0.2, -0.15) is 0 Å². The molecule has 2 N–H and O–H groups in total. The second kappa shape index (κ2) is 8.29. The molecule has 6 aromatic rings. The van der Waals surface area contributed by atoms with Crippen molar-refractivity contribution in [3.05, 3.63) is 107 Å². The molecule has 0 aliphatic carbocycles. The van der Waals surface area contributed by atoms with Gasteiger partial charge in [0.2, 0.25) is 0 Å². The molecule has 0 aliphatic rings. The van der Waals surface area contributed by atoms with Crippen molar-refractivity contribution in [1.82, 2.24) is 9.97 Å². The highest BCUT2D eigenvalue weighted by Gasteiger charge is 2.17. The second-order valence-corrected chi connectivity index (χ2v) is 9.10. The number of aromatic carboxylic acids is 2. The van der Waals surface area contributed by atoms with Crippen molar-refractivity contribution in [3.63, 3.8) is 0 Å². The van der Waals surface area contributed by atoms with Gasteiger partial charge in [0.1, 0.15) is 0 Å². The van der Waals surface area contributed by atoms with E-state index in [2.05, 4.69) is 9.97 Å². The van der Waals surface area contributed by atoms with Crippen LogP contribution in [0.1, 0.15) is 31.8 Å². The van der Waals surface area contributed by atoms with Gasteiger partial charge in [0, 0.05) is 46.0 Å². The Hall–Kier alpha value is -4.55. The Balaban J connectivity index is 1.62. The fourth-order valence-corrected chi connectivity index (χ4v) is 5.24. The molecule has 36 heavy (non-hydrogen) atoms. The SMILES string of the molecule is O=C(O)c1ccc2c(c1)cc(Cc1cc3c(cc1C(=O)O)cc(Cl)c1ccncc13)c1ccncc12. The van der Waals surface area contributed by atoms with Gasteiger partial charge in [-0.05, 0) is 86.9 Å². The number of benzene rings is 4. The third-order valence-corrected chi connectivity index (χ3v) is 6.94. The highest BCUT2D eigenvalue weighted by atomic mass is 35.5. The van der Waals surface area contributed by atoms with Crippen molar-refractivity contribution < 1.29 is 19.8 Å². The molecule has 0 saturated carbocycles. The number of aromatic nitrogens is 2. The first kappa shape index (κ1) is 21.9. The Labute approximate surface area is 209 Å². The quantitative estimate of drug-likeness (QED) is 0.265. The molecule has 0 aliphatic heterocycles. The monoisotopic (exact) mass is 492 g/mol. The van der Waals surface area contributed by atoms with Crippen molar-refractivity contribution in [2.45, 2.75) is 6.42 Å². The molecule has 0 saturated heterocycles. The topological polar surface area (TPSA) is 100 Å². The maximum absolute atomic E-state index is 12.3. The zero-order valence-electron chi connectivity index (χ0n) is 18.7. The lowest BCUT2D eigenvalue weighted by molar-refractivity contribution is 0.0685. The van der Waals surface area contributed by atoms with E-state index in [0.29, 0.717) is 17.0 Å². The van der Waals surface area contributed by atoms with Crippen LogP contribution in [0.3, 0.4) is 0 Å². The number of fused-ring (bicyclic) bond motifs is 6. The average Bonchev–Trinajstić information content (AvgIpc) is 2.88. The maximum Gasteiger partial charge on any atom is 0.335 e. The molecule has 0 spiro atoms. The molecule has 6 rings (SSSR count). The number of carboxylic acid groups (broad SMARTS) is 2. The van der Waals surface area contributed by atoms with E-state index >= 15 is 0 Å². The van der Waals surface area contributed by atoms with E-state index in [9.17, 15) is 19.8 Å². The van der Waals surface area contributed by atoms with E-state index in [0.717, 1.165) is 48.7 Å². The minimum absolute atomic E-state index is 0.184. The second-order valence-electron chi connectivity index (χ2n) is 8.69. The standard InChI is InChI=1S/C29H17ClN2O4/c30-27-12-19-11-24(29(35)36)18(10-23(19)26-14-32-6-4-22(26)27)9-17-8-16-7-15(28(33)34)1-2-20(16)25-13-31-5-3-21(17)25/h1-8,10-14H,9H2,(H,33,34)(H,35,36). The summed E-state index contributed by atoms with van der Waals surface area (Å²) in [4.78, 5) is 32.4. The molecule has 6 nitrogen and oxygen atoms in total. The normalized spacial score (nSPS) is 11.5. The first-order valence-electron chi connectivity index (χ1n) is 11.2. The number of nitrogens with zero attached hydrogens (tertiary/aromatic N) is 2. The third-order valence-electron chi connectivity index (χ3n) is 6.62. The van der Waals surface area contributed by atoms with Crippen LogP contribution in [0.4, 0.5) is 0 Å². The number of halogens is 1. The number of carbonyl (C=O) groups is 2. The minimum atomic E-state index is -1.03. The average molecular weight is 493 g/mol. The molecule has 2 aromatic heterocycles. The van der Waals surface area contributed by atoms with Crippen LogP contribution in [0, 0.1) is 0 Å². The summed E-state index contributed by atoms with van der Waals surface area (Å²) >= 11 is 6.47. The van der Waals surface area contributed by atoms with Crippen molar-refractivity contribution >= 4 is 66.6 Å². The molecular formula is C29H17ClN2O4. The van der Waals surface area contributed by atoms with Gasteiger partial charge in [0.15, 0.2) is 0 Å². The van der Waals surface area contributed by atoms with Crippen LogP contribution in [0.15, 0.2) is 79.4 Å². The highest BCUT2D eigenvalue weighted by Crippen LogP contribution is 2.35. The Bertz CT molecular complexity index is 1900. The van der Waals surface area contributed by atoms with Crippen LogP contribution < -0.4 is 0 Å². The van der Waals surface area contributed by atoms with E-state index in [1.165, 1.54) is 0 Å². The first-order valence-corrected chi connectivity index (χ1v) is 11.5. The number of rotatable bonds is 4. The summed E-state index contributed by atoms with van der Waals surface area (Å²) in [6.45, 7) is 0. The predicted molar refractivity (Wildman–Crippen MR) is 140 cm³/mol. The van der Waals surface area contributed by atoms with Crippen LogP contribution in [0.2, 0.25) is 5.02 Å². The fourth-order valence-electron chi connectivity index (χ4n) is 4.96. The number of hydrogen-bond acceptors (Lipinski definition) is 4. The van der Waals surface area contributed by atoms with E-state index in [1.54, 1.807) is 55.1 Å².